The third-order valence-electron chi connectivity index (χ3n) is 2.49. The first-order valence-electron chi connectivity index (χ1n) is 5.57. The van der Waals surface area contributed by atoms with Crippen LogP contribution < -0.4 is 10.1 Å². The zero-order valence-corrected chi connectivity index (χ0v) is 11.7. The Balaban J connectivity index is 3.34. The van der Waals surface area contributed by atoms with Crippen LogP contribution in [0.2, 0.25) is 0 Å². The molecule has 0 spiro atoms. The number of anilines is 1. The molecule has 4 N–H and O–H groups in total. The Morgan fingerprint density at radius 2 is 2.10 bits per heavy atom. The topological polar surface area (TPSA) is 159 Å². The number of aliphatic hydroxyl groups is 2. The molecule has 118 valence electrons. The number of hydrogen-bond acceptors (Lipinski definition) is 8. The minimum absolute atomic E-state index is 0.00299. The first-order chi connectivity index (χ1) is 9.70. The van der Waals surface area contributed by atoms with Crippen molar-refractivity contribution < 1.29 is 32.8 Å². The molecule has 0 amide bonds. The van der Waals surface area contributed by atoms with Crippen LogP contribution in [0, 0.1) is 10.1 Å². The van der Waals surface area contributed by atoms with E-state index >= 15 is 0 Å². The maximum absolute atomic E-state index is 11.2. The third-order valence-corrected chi connectivity index (χ3v) is 3.38. The Morgan fingerprint density at radius 1 is 1.48 bits per heavy atom. The Bertz CT molecular complexity index is 630. The second-order valence-electron chi connectivity index (χ2n) is 3.97. The molecule has 0 aliphatic heterocycles. The summed E-state index contributed by atoms with van der Waals surface area (Å²) >= 11 is 0. The molecule has 0 radical (unpaired) electrons. The molecule has 0 bridgehead atoms. The molecule has 0 aliphatic rings. The smallest absolute Gasteiger partial charge is 0.301 e. The summed E-state index contributed by atoms with van der Waals surface area (Å²) in [6.07, 6.45) is -1.13. The van der Waals surface area contributed by atoms with E-state index in [2.05, 4.69) is 5.32 Å². The van der Waals surface area contributed by atoms with E-state index in [1.54, 1.807) is 0 Å². The van der Waals surface area contributed by atoms with Crippen LogP contribution >= 0.6 is 0 Å². The molecule has 0 saturated heterocycles. The SMILES string of the molecule is COc1cc([N+](=O)[O-])c(S(=O)(=O)O)cc1NCC(O)CO. The summed E-state index contributed by atoms with van der Waals surface area (Å²) in [4.78, 5) is 8.96. The zero-order valence-electron chi connectivity index (χ0n) is 10.9. The number of rotatable bonds is 7. The summed E-state index contributed by atoms with van der Waals surface area (Å²) in [5, 5.41) is 31.3. The number of hydrogen-bond donors (Lipinski definition) is 4. The number of benzene rings is 1. The van der Waals surface area contributed by atoms with Crippen LogP contribution in [-0.2, 0) is 10.1 Å². The number of nitro benzene ring substituents is 1. The van der Waals surface area contributed by atoms with Gasteiger partial charge in [-0.25, -0.2) is 0 Å². The van der Waals surface area contributed by atoms with Gasteiger partial charge in [-0.15, -0.1) is 0 Å². The second kappa shape index (κ2) is 6.67. The summed E-state index contributed by atoms with van der Waals surface area (Å²) in [7, 11) is -3.61. The minimum Gasteiger partial charge on any atom is -0.494 e. The third kappa shape index (κ3) is 4.26. The van der Waals surface area contributed by atoms with Gasteiger partial charge in [0.05, 0.1) is 36.5 Å². The fourth-order valence-corrected chi connectivity index (χ4v) is 2.16. The molecule has 1 atom stereocenters. The van der Waals surface area contributed by atoms with Crippen molar-refractivity contribution >= 4 is 21.5 Å². The van der Waals surface area contributed by atoms with Gasteiger partial charge in [0.2, 0.25) is 0 Å². The predicted molar refractivity (Wildman–Crippen MR) is 71.0 cm³/mol. The van der Waals surface area contributed by atoms with Crippen LogP contribution in [0.4, 0.5) is 11.4 Å². The Kier molecular flexibility index (Phi) is 5.43. The maximum Gasteiger partial charge on any atom is 0.301 e. The summed E-state index contributed by atoms with van der Waals surface area (Å²) < 4.78 is 36.3. The Labute approximate surface area is 119 Å². The van der Waals surface area contributed by atoms with Crippen molar-refractivity contribution in [2.24, 2.45) is 0 Å². The number of aliphatic hydroxyl groups excluding tert-OH is 2. The van der Waals surface area contributed by atoms with Crippen molar-refractivity contribution in [2.75, 3.05) is 25.6 Å². The molecule has 0 saturated carbocycles. The van der Waals surface area contributed by atoms with Crippen molar-refractivity contribution in [3.8, 4) is 5.75 Å². The summed E-state index contributed by atoms with van der Waals surface area (Å²) in [6, 6.07) is 1.65. The normalized spacial score (nSPS) is 12.8. The number of methoxy groups -OCH3 is 1. The largest absolute Gasteiger partial charge is 0.494 e. The Hall–Kier alpha value is -1.95. The van der Waals surface area contributed by atoms with E-state index in [9.17, 15) is 23.6 Å². The number of ether oxygens (including phenoxy) is 1. The second-order valence-corrected chi connectivity index (χ2v) is 5.36. The molecule has 1 aromatic rings. The van der Waals surface area contributed by atoms with E-state index in [-0.39, 0.29) is 18.0 Å². The maximum atomic E-state index is 11.2. The van der Waals surface area contributed by atoms with E-state index < -0.39 is 38.3 Å². The number of nitro groups is 1. The van der Waals surface area contributed by atoms with Gasteiger partial charge in [0.1, 0.15) is 5.75 Å². The highest BCUT2D eigenvalue weighted by Crippen LogP contribution is 2.35. The predicted octanol–water partition coefficient (Wildman–Crippen LogP) is -0.385. The van der Waals surface area contributed by atoms with Gasteiger partial charge in [-0.05, 0) is 6.07 Å². The summed E-state index contributed by atoms with van der Waals surface area (Å²) in [6.45, 7) is -0.691. The average Bonchev–Trinajstić information content (AvgIpc) is 2.42. The van der Waals surface area contributed by atoms with Crippen molar-refractivity contribution in [1.82, 2.24) is 0 Å². The van der Waals surface area contributed by atoms with Gasteiger partial charge in [-0.1, -0.05) is 0 Å². The van der Waals surface area contributed by atoms with E-state index in [1.807, 2.05) is 0 Å². The lowest BCUT2D eigenvalue weighted by Crippen LogP contribution is -2.23. The van der Waals surface area contributed by atoms with Gasteiger partial charge < -0.3 is 20.3 Å². The average molecular weight is 322 g/mol. The van der Waals surface area contributed by atoms with Gasteiger partial charge in [-0.3, -0.25) is 14.7 Å². The highest BCUT2D eigenvalue weighted by atomic mass is 32.2. The molecule has 1 aromatic carbocycles. The van der Waals surface area contributed by atoms with Gasteiger partial charge in [0, 0.05) is 6.54 Å². The fraction of sp³-hybridized carbons (Fsp3) is 0.400. The van der Waals surface area contributed by atoms with Gasteiger partial charge >= 0.3 is 10.1 Å². The van der Waals surface area contributed by atoms with E-state index in [4.69, 9.17) is 14.4 Å². The van der Waals surface area contributed by atoms with Gasteiger partial charge in [-0.2, -0.15) is 8.42 Å². The van der Waals surface area contributed by atoms with Crippen LogP contribution in [-0.4, -0.2) is 54.5 Å². The van der Waals surface area contributed by atoms with E-state index in [0.717, 1.165) is 12.1 Å². The van der Waals surface area contributed by atoms with Crippen molar-refractivity contribution in [2.45, 2.75) is 11.0 Å². The van der Waals surface area contributed by atoms with Gasteiger partial charge in [0.25, 0.3) is 5.69 Å². The lowest BCUT2D eigenvalue weighted by molar-refractivity contribution is -0.387. The van der Waals surface area contributed by atoms with Crippen molar-refractivity contribution in [3.05, 3.63) is 22.2 Å². The molecule has 1 unspecified atom stereocenters. The summed E-state index contributed by atoms with van der Waals surface area (Å²) in [5.41, 5.74) is -0.842. The van der Waals surface area contributed by atoms with Crippen molar-refractivity contribution in [1.29, 1.82) is 0 Å². The molecule has 21 heavy (non-hydrogen) atoms. The van der Waals surface area contributed by atoms with Gasteiger partial charge in [0.15, 0.2) is 4.90 Å². The highest BCUT2D eigenvalue weighted by Gasteiger charge is 2.27. The number of nitrogens with zero attached hydrogens (tertiary/aromatic N) is 1. The number of nitrogens with one attached hydrogen (secondary N) is 1. The minimum atomic E-state index is -4.82. The van der Waals surface area contributed by atoms with Crippen LogP contribution in [0.3, 0.4) is 0 Å². The molecular weight excluding hydrogens is 308 g/mol. The Morgan fingerprint density at radius 3 is 2.52 bits per heavy atom. The molecule has 11 heteroatoms. The first kappa shape index (κ1) is 17.1. The lowest BCUT2D eigenvalue weighted by atomic mass is 10.2. The molecule has 0 aromatic heterocycles. The van der Waals surface area contributed by atoms with Crippen LogP contribution in [0.5, 0.6) is 5.75 Å². The summed E-state index contributed by atoms with van der Waals surface area (Å²) in [5.74, 6) is -0.0563. The molecule has 1 rings (SSSR count). The molecule has 10 nitrogen and oxygen atoms in total. The molecule has 0 aliphatic carbocycles. The molecular formula is C10H14N2O8S. The molecule has 0 heterocycles. The van der Waals surface area contributed by atoms with Crippen molar-refractivity contribution in [3.63, 3.8) is 0 Å². The van der Waals surface area contributed by atoms with E-state index in [0.29, 0.717) is 0 Å². The highest BCUT2D eigenvalue weighted by molar-refractivity contribution is 7.86. The van der Waals surface area contributed by atoms with Crippen LogP contribution in [0.25, 0.3) is 0 Å². The fourth-order valence-electron chi connectivity index (χ4n) is 1.50. The molecule has 0 fully saturated rings. The lowest BCUT2D eigenvalue weighted by Gasteiger charge is -2.14. The zero-order chi connectivity index (χ0) is 16.2. The quantitative estimate of drug-likeness (QED) is 0.298. The van der Waals surface area contributed by atoms with Crippen LogP contribution in [0.1, 0.15) is 0 Å². The van der Waals surface area contributed by atoms with E-state index in [1.165, 1.54) is 7.11 Å². The standard InChI is InChI=1S/C10H14N2O8S/c1-20-9-3-8(12(15)16)10(21(17,18)19)2-7(9)11-4-6(14)5-13/h2-3,6,11,13-14H,4-5H2,1H3,(H,17,18,19). The first-order valence-corrected chi connectivity index (χ1v) is 7.01. The monoisotopic (exact) mass is 322 g/mol. The van der Waals surface area contributed by atoms with Crippen LogP contribution in [0.15, 0.2) is 17.0 Å².